The quantitative estimate of drug-likeness (QED) is 0.462. The summed E-state index contributed by atoms with van der Waals surface area (Å²) in [7, 11) is 0. The molecule has 0 aliphatic heterocycles. The maximum absolute atomic E-state index is 10.7. The molecule has 0 aliphatic carbocycles. The van der Waals surface area contributed by atoms with E-state index in [1.54, 1.807) is 0 Å². The van der Waals surface area contributed by atoms with Gasteiger partial charge in [-0.15, -0.1) is 0 Å². The minimum atomic E-state index is -0.226. The lowest BCUT2D eigenvalue weighted by atomic mass is 10.3. The highest BCUT2D eigenvalue weighted by Gasteiger charge is 2.23. The Morgan fingerprint density at radius 2 is 1.55 bits per heavy atom. The Hall–Kier alpha value is -0.0800. The second-order valence-corrected chi connectivity index (χ2v) is 3.23. The SMILES string of the molecule is CC[N+](CC)(CC)CC(=O)Cl. The Morgan fingerprint density at radius 1 is 1.18 bits per heavy atom. The van der Waals surface area contributed by atoms with Gasteiger partial charge in [0.2, 0.25) is 0 Å². The smallest absolute Gasteiger partial charge is 0.276 e. The van der Waals surface area contributed by atoms with E-state index >= 15 is 0 Å². The maximum Gasteiger partial charge on any atom is 0.276 e. The Bertz CT molecular complexity index is 124. The molecule has 66 valence electrons. The van der Waals surface area contributed by atoms with Crippen LogP contribution in [-0.4, -0.2) is 35.9 Å². The van der Waals surface area contributed by atoms with Gasteiger partial charge < -0.3 is 4.48 Å². The van der Waals surface area contributed by atoms with Crippen LogP contribution >= 0.6 is 11.6 Å². The number of nitrogens with zero attached hydrogens (tertiary/aromatic N) is 1. The van der Waals surface area contributed by atoms with Crippen molar-refractivity contribution in [3.63, 3.8) is 0 Å². The van der Waals surface area contributed by atoms with Crippen LogP contribution in [0, 0.1) is 0 Å². The summed E-state index contributed by atoms with van der Waals surface area (Å²) >= 11 is 5.34. The molecule has 11 heavy (non-hydrogen) atoms. The van der Waals surface area contributed by atoms with Gasteiger partial charge in [-0.25, -0.2) is 0 Å². The summed E-state index contributed by atoms with van der Waals surface area (Å²) in [4.78, 5) is 10.7. The van der Waals surface area contributed by atoms with Gasteiger partial charge in [0.15, 0.2) is 6.54 Å². The van der Waals surface area contributed by atoms with E-state index in [4.69, 9.17) is 11.6 Å². The molecule has 0 aromatic heterocycles. The number of hydrogen-bond acceptors (Lipinski definition) is 1. The summed E-state index contributed by atoms with van der Waals surface area (Å²) < 4.78 is 0.808. The number of hydrogen-bond donors (Lipinski definition) is 0. The van der Waals surface area contributed by atoms with Gasteiger partial charge in [-0.3, -0.25) is 4.79 Å². The minimum absolute atomic E-state index is 0.226. The third kappa shape index (κ3) is 3.21. The molecule has 0 atom stereocenters. The number of carbonyl (C=O) groups is 1. The van der Waals surface area contributed by atoms with Crippen molar-refractivity contribution < 1.29 is 9.28 Å². The topological polar surface area (TPSA) is 17.1 Å². The van der Waals surface area contributed by atoms with E-state index in [9.17, 15) is 4.79 Å². The molecule has 0 amide bonds. The fourth-order valence-electron chi connectivity index (χ4n) is 1.27. The fraction of sp³-hybridized carbons (Fsp3) is 0.875. The van der Waals surface area contributed by atoms with Gasteiger partial charge >= 0.3 is 0 Å². The molecule has 0 radical (unpaired) electrons. The highest BCUT2D eigenvalue weighted by molar-refractivity contribution is 6.63. The van der Waals surface area contributed by atoms with Crippen molar-refractivity contribution in [2.24, 2.45) is 0 Å². The van der Waals surface area contributed by atoms with Gasteiger partial charge in [-0.05, 0) is 32.4 Å². The van der Waals surface area contributed by atoms with Crippen LogP contribution < -0.4 is 0 Å². The van der Waals surface area contributed by atoms with Crippen LogP contribution in [-0.2, 0) is 4.79 Å². The molecule has 0 rings (SSSR count). The molecule has 0 heterocycles. The van der Waals surface area contributed by atoms with E-state index < -0.39 is 0 Å². The Kier molecular flexibility index (Phi) is 4.69. The molecule has 0 aliphatic rings. The molecular formula is C8H17ClNO+. The van der Waals surface area contributed by atoms with Crippen molar-refractivity contribution in [2.75, 3.05) is 26.2 Å². The first-order chi connectivity index (χ1) is 5.10. The van der Waals surface area contributed by atoms with Crippen LogP contribution in [0.5, 0.6) is 0 Å². The van der Waals surface area contributed by atoms with E-state index in [1.165, 1.54) is 0 Å². The number of halogens is 1. The second kappa shape index (κ2) is 4.73. The Morgan fingerprint density at radius 3 is 1.64 bits per heavy atom. The van der Waals surface area contributed by atoms with E-state index in [1.807, 2.05) is 0 Å². The van der Waals surface area contributed by atoms with Crippen molar-refractivity contribution in [3.8, 4) is 0 Å². The lowest BCUT2D eigenvalue weighted by Gasteiger charge is -2.34. The number of likely N-dealkylation sites (N-methyl/N-ethyl adjacent to an activating group) is 1. The molecule has 0 saturated heterocycles. The molecule has 0 spiro atoms. The number of carbonyl (C=O) groups excluding carboxylic acids is 1. The molecule has 0 aromatic rings. The van der Waals surface area contributed by atoms with Gasteiger partial charge in [0.05, 0.1) is 19.6 Å². The highest BCUT2D eigenvalue weighted by atomic mass is 35.5. The van der Waals surface area contributed by atoms with Crippen molar-refractivity contribution in [2.45, 2.75) is 20.8 Å². The number of quaternary nitrogens is 1. The molecule has 0 fully saturated rings. The van der Waals surface area contributed by atoms with Gasteiger partial charge in [0.1, 0.15) is 0 Å². The highest BCUT2D eigenvalue weighted by Crippen LogP contribution is 2.06. The summed E-state index contributed by atoms with van der Waals surface area (Å²) in [5, 5.41) is -0.226. The summed E-state index contributed by atoms with van der Waals surface area (Å²) in [6.07, 6.45) is 0. The first kappa shape index (κ1) is 10.9. The molecule has 0 N–H and O–H groups in total. The lowest BCUT2D eigenvalue weighted by Crippen LogP contribution is -2.49. The van der Waals surface area contributed by atoms with Gasteiger partial charge in [-0.1, -0.05) is 0 Å². The first-order valence-corrected chi connectivity index (χ1v) is 4.51. The third-order valence-electron chi connectivity index (χ3n) is 2.47. The zero-order valence-corrected chi connectivity index (χ0v) is 8.32. The van der Waals surface area contributed by atoms with Crippen molar-refractivity contribution >= 4 is 16.8 Å². The van der Waals surface area contributed by atoms with Crippen molar-refractivity contribution in [3.05, 3.63) is 0 Å². The predicted octanol–water partition coefficient (Wildman–Crippen LogP) is 1.63. The molecule has 0 saturated carbocycles. The summed E-state index contributed by atoms with van der Waals surface area (Å²) in [6, 6.07) is 0. The van der Waals surface area contributed by atoms with Gasteiger partial charge in [0, 0.05) is 0 Å². The zero-order valence-electron chi connectivity index (χ0n) is 7.56. The Labute approximate surface area is 73.7 Å². The van der Waals surface area contributed by atoms with Crippen molar-refractivity contribution in [1.82, 2.24) is 0 Å². The van der Waals surface area contributed by atoms with E-state index in [-0.39, 0.29) is 5.24 Å². The largest absolute Gasteiger partial charge is 0.317 e. The molecule has 3 heteroatoms. The van der Waals surface area contributed by atoms with Crippen LogP contribution in [0.1, 0.15) is 20.8 Å². The van der Waals surface area contributed by atoms with Crippen LogP contribution in [0.15, 0.2) is 0 Å². The van der Waals surface area contributed by atoms with Crippen LogP contribution in [0.3, 0.4) is 0 Å². The maximum atomic E-state index is 10.7. The monoisotopic (exact) mass is 178 g/mol. The molecule has 0 bridgehead atoms. The number of rotatable bonds is 5. The average molecular weight is 179 g/mol. The lowest BCUT2D eigenvalue weighted by molar-refractivity contribution is -0.915. The standard InChI is InChI=1S/C8H17ClNO/c1-4-10(5-2,6-3)7-8(9)11/h4-7H2,1-3H3/q+1. The van der Waals surface area contributed by atoms with E-state index in [0.29, 0.717) is 6.54 Å². The van der Waals surface area contributed by atoms with Crippen LogP contribution in [0.25, 0.3) is 0 Å². The molecule has 2 nitrogen and oxygen atoms in total. The molecule has 0 unspecified atom stereocenters. The second-order valence-electron chi connectivity index (χ2n) is 2.80. The normalized spacial score (nSPS) is 11.6. The van der Waals surface area contributed by atoms with Gasteiger partial charge in [0.25, 0.3) is 5.24 Å². The third-order valence-corrected chi connectivity index (χ3v) is 2.59. The Balaban J connectivity index is 4.16. The fourth-order valence-corrected chi connectivity index (χ4v) is 1.52. The van der Waals surface area contributed by atoms with Crippen molar-refractivity contribution in [1.29, 1.82) is 0 Å². The molecule has 0 aromatic carbocycles. The van der Waals surface area contributed by atoms with Crippen LogP contribution in [0.4, 0.5) is 0 Å². The zero-order chi connectivity index (χ0) is 8.91. The van der Waals surface area contributed by atoms with Crippen LogP contribution in [0.2, 0.25) is 0 Å². The average Bonchev–Trinajstić information content (AvgIpc) is 2.00. The minimum Gasteiger partial charge on any atom is -0.317 e. The summed E-state index contributed by atoms with van der Waals surface area (Å²) in [6.45, 7) is 9.67. The first-order valence-electron chi connectivity index (χ1n) is 4.13. The predicted molar refractivity (Wildman–Crippen MR) is 47.6 cm³/mol. The van der Waals surface area contributed by atoms with E-state index in [2.05, 4.69) is 20.8 Å². The summed E-state index contributed by atoms with van der Waals surface area (Å²) in [5.41, 5.74) is 0. The van der Waals surface area contributed by atoms with E-state index in [0.717, 1.165) is 24.1 Å². The van der Waals surface area contributed by atoms with Gasteiger partial charge in [-0.2, -0.15) is 0 Å². The molecular weight excluding hydrogens is 162 g/mol. The summed E-state index contributed by atoms with van der Waals surface area (Å²) in [5.74, 6) is 0.